The molecule has 0 aromatic heterocycles. The zero-order valence-electron chi connectivity index (χ0n) is 8.48. The van der Waals surface area contributed by atoms with Crippen LogP contribution in [0.25, 0.3) is 0 Å². The Kier molecular flexibility index (Phi) is 4.35. The second-order valence-corrected chi connectivity index (χ2v) is 3.90. The quantitative estimate of drug-likeness (QED) is 0.392. The Morgan fingerprint density at radius 3 is 2.57 bits per heavy atom. The highest BCUT2D eigenvalue weighted by atomic mass is 16.5. The fourth-order valence-corrected chi connectivity index (χ4v) is 2.03. The third-order valence-corrected chi connectivity index (χ3v) is 2.97. The Hall–Kier alpha value is -0.610. The van der Waals surface area contributed by atoms with Gasteiger partial charge in [-0.25, -0.2) is 0 Å². The largest absolute Gasteiger partial charge is 0.469 e. The number of hydrogen-bond acceptors (Lipinski definition) is 4. The van der Waals surface area contributed by atoms with E-state index >= 15 is 0 Å². The molecule has 0 saturated heterocycles. The van der Waals surface area contributed by atoms with Gasteiger partial charge in [0.2, 0.25) is 0 Å². The van der Waals surface area contributed by atoms with Crippen LogP contribution in [0.4, 0.5) is 0 Å². The molecule has 4 nitrogen and oxygen atoms in total. The summed E-state index contributed by atoms with van der Waals surface area (Å²) in [5, 5.41) is 18.0. The third kappa shape index (κ3) is 2.96. The Morgan fingerprint density at radius 1 is 1.29 bits per heavy atom. The van der Waals surface area contributed by atoms with Gasteiger partial charge in [-0.2, -0.15) is 0 Å². The zero-order chi connectivity index (χ0) is 10.6. The molecule has 0 aromatic carbocycles. The van der Waals surface area contributed by atoms with E-state index in [0.29, 0.717) is 12.8 Å². The van der Waals surface area contributed by atoms with Gasteiger partial charge in [-0.05, 0) is 25.7 Å². The number of carbonyl (C=O) groups excluding carboxylic acids is 1. The van der Waals surface area contributed by atoms with Crippen LogP contribution in [0, 0.1) is 11.8 Å². The molecule has 1 saturated carbocycles. The van der Waals surface area contributed by atoms with Gasteiger partial charge in [0.15, 0.2) is 6.29 Å². The highest BCUT2D eigenvalue weighted by molar-refractivity contribution is 5.72. The van der Waals surface area contributed by atoms with Crippen molar-refractivity contribution >= 4 is 5.97 Å². The first kappa shape index (κ1) is 11.5. The standard InChI is InChI=1S/C10H18O4/c1-14-10(13)8-4-2-3-7(5-6-8)9(11)12/h7-9,11-12H,2-6H2,1H3. The van der Waals surface area contributed by atoms with Crippen LogP contribution in [0.5, 0.6) is 0 Å². The van der Waals surface area contributed by atoms with Gasteiger partial charge in [0, 0.05) is 5.92 Å². The summed E-state index contributed by atoms with van der Waals surface area (Å²) in [5.41, 5.74) is 0. The first-order valence-electron chi connectivity index (χ1n) is 5.09. The Bertz CT molecular complexity index is 191. The summed E-state index contributed by atoms with van der Waals surface area (Å²) in [7, 11) is 1.39. The van der Waals surface area contributed by atoms with Crippen LogP contribution >= 0.6 is 0 Å². The van der Waals surface area contributed by atoms with Gasteiger partial charge >= 0.3 is 5.97 Å². The van der Waals surface area contributed by atoms with Crippen molar-refractivity contribution in [2.24, 2.45) is 11.8 Å². The van der Waals surface area contributed by atoms with E-state index in [1.807, 2.05) is 0 Å². The van der Waals surface area contributed by atoms with Crippen molar-refractivity contribution in [2.75, 3.05) is 7.11 Å². The number of hydrogen-bond donors (Lipinski definition) is 2. The van der Waals surface area contributed by atoms with Crippen molar-refractivity contribution in [3.05, 3.63) is 0 Å². The van der Waals surface area contributed by atoms with Gasteiger partial charge in [0.1, 0.15) is 0 Å². The van der Waals surface area contributed by atoms with E-state index in [1.54, 1.807) is 0 Å². The highest BCUT2D eigenvalue weighted by Gasteiger charge is 2.27. The van der Waals surface area contributed by atoms with Crippen LogP contribution in [0.3, 0.4) is 0 Å². The number of methoxy groups -OCH3 is 1. The van der Waals surface area contributed by atoms with E-state index in [4.69, 9.17) is 10.2 Å². The molecular weight excluding hydrogens is 184 g/mol. The molecule has 0 amide bonds. The minimum absolute atomic E-state index is 0.0521. The summed E-state index contributed by atoms with van der Waals surface area (Å²) in [6.07, 6.45) is 2.60. The minimum Gasteiger partial charge on any atom is -0.469 e. The number of aliphatic hydroxyl groups excluding tert-OH is 1. The van der Waals surface area contributed by atoms with Crippen molar-refractivity contribution < 1.29 is 19.7 Å². The molecule has 0 aromatic rings. The molecule has 0 aliphatic heterocycles. The van der Waals surface area contributed by atoms with Gasteiger partial charge in [-0.15, -0.1) is 0 Å². The number of carbonyl (C=O) groups is 1. The van der Waals surface area contributed by atoms with Crippen molar-refractivity contribution in [1.29, 1.82) is 0 Å². The molecule has 2 atom stereocenters. The summed E-state index contributed by atoms with van der Waals surface area (Å²) in [4.78, 5) is 11.2. The fraction of sp³-hybridized carbons (Fsp3) is 0.900. The van der Waals surface area contributed by atoms with Crippen LogP contribution < -0.4 is 0 Å². The number of esters is 1. The molecule has 0 radical (unpaired) electrons. The van der Waals surface area contributed by atoms with Gasteiger partial charge in [-0.3, -0.25) is 4.79 Å². The minimum atomic E-state index is -1.24. The molecule has 2 unspecified atom stereocenters. The second kappa shape index (κ2) is 5.32. The van der Waals surface area contributed by atoms with Crippen molar-refractivity contribution in [3.63, 3.8) is 0 Å². The van der Waals surface area contributed by atoms with Gasteiger partial charge in [0.25, 0.3) is 0 Å². The Labute approximate surface area is 83.9 Å². The smallest absolute Gasteiger partial charge is 0.308 e. The van der Waals surface area contributed by atoms with Crippen LogP contribution in [0.1, 0.15) is 32.1 Å². The number of aliphatic hydroxyl groups is 2. The first-order valence-corrected chi connectivity index (χ1v) is 5.09. The average molecular weight is 202 g/mol. The lowest BCUT2D eigenvalue weighted by molar-refractivity contribution is -0.146. The summed E-state index contributed by atoms with van der Waals surface area (Å²) in [6, 6.07) is 0. The Balaban J connectivity index is 2.44. The maximum absolute atomic E-state index is 11.2. The molecule has 0 bridgehead atoms. The average Bonchev–Trinajstić information content (AvgIpc) is 2.41. The summed E-state index contributed by atoms with van der Waals surface area (Å²) < 4.78 is 4.68. The predicted molar refractivity (Wildman–Crippen MR) is 50.3 cm³/mol. The maximum Gasteiger partial charge on any atom is 0.308 e. The predicted octanol–water partition coefficient (Wildman–Crippen LogP) is 0.667. The zero-order valence-corrected chi connectivity index (χ0v) is 8.48. The molecule has 1 aliphatic rings. The number of ether oxygens (including phenoxy) is 1. The van der Waals surface area contributed by atoms with Crippen LogP contribution in [0.15, 0.2) is 0 Å². The number of rotatable bonds is 2. The molecule has 0 heterocycles. The lowest BCUT2D eigenvalue weighted by Gasteiger charge is -2.15. The SMILES string of the molecule is COC(=O)C1CCCC(C(O)O)CC1. The molecule has 4 heteroatoms. The van der Waals surface area contributed by atoms with E-state index in [1.165, 1.54) is 7.11 Å². The van der Waals surface area contributed by atoms with Crippen molar-refractivity contribution in [3.8, 4) is 0 Å². The topological polar surface area (TPSA) is 66.8 Å². The van der Waals surface area contributed by atoms with Gasteiger partial charge in [-0.1, -0.05) is 6.42 Å². The van der Waals surface area contributed by atoms with Gasteiger partial charge in [0.05, 0.1) is 13.0 Å². The maximum atomic E-state index is 11.2. The fourth-order valence-electron chi connectivity index (χ4n) is 2.03. The molecule has 1 fully saturated rings. The molecular formula is C10H18O4. The highest BCUT2D eigenvalue weighted by Crippen LogP contribution is 2.29. The molecule has 82 valence electrons. The second-order valence-electron chi connectivity index (χ2n) is 3.90. The van der Waals surface area contributed by atoms with Crippen molar-refractivity contribution in [1.82, 2.24) is 0 Å². The molecule has 14 heavy (non-hydrogen) atoms. The van der Waals surface area contributed by atoms with E-state index < -0.39 is 6.29 Å². The molecule has 1 rings (SSSR count). The van der Waals surface area contributed by atoms with E-state index in [0.717, 1.165) is 19.3 Å². The third-order valence-electron chi connectivity index (χ3n) is 2.97. The van der Waals surface area contributed by atoms with Crippen LogP contribution in [-0.4, -0.2) is 29.6 Å². The molecule has 1 aliphatic carbocycles. The van der Waals surface area contributed by atoms with E-state index in [-0.39, 0.29) is 17.8 Å². The van der Waals surface area contributed by atoms with Crippen LogP contribution in [-0.2, 0) is 9.53 Å². The summed E-state index contributed by atoms with van der Waals surface area (Å²) >= 11 is 0. The van der Waals surface area contributed by atoms with Gasteiger partial charge < -0.3 is 14.9 Å². The summed E-state index contributed by atoms with van der Waals surface area (Å²) in [6.45, 7) is 0. The van der Waals surface area contributed by atoms with Crippen LogP contribution in [0.2, 0.25) is 0 Å². The molecule has 0 spiro atoms. The van der Waals surface area contributed by atoms with Crippen molar-refractivity contribution in [2.45, 2.75) is 38.4 Å². The Morgan fingerprint density at radius 2 is 2.00 bits per heavy atom. The van der Waals surface area contributed by atoms with E-state index in [2.05, 4.69) is 4.74 Å². The normalized spacial score (nSPS) is 28.6. The summed E-state index contributed by atoms with van der Waals surface area (Å²) in [5.74, 6) is -0.300. The molecule has 2 N–H and O–H groups in total. The lowest BCUT2D eigenvalue weighted by Crippen LogP contribution is -2.19. The van der Waals surface area contributed by atoms with E-state index in [9.17, 15) is 4.79 Å². The monoisotopic (exact) mass is 202 g/mol. The lowest BCUT2D eigenvalue weighted by atomic mass is 9.98. The first-order chi connectivity index (χ1) is 6.65.